The molecule has 1 amide bonds. The van der Waals surface area contributed by atoms with Crippen LogP contribution in [0.15, 0.2) is 36.4 Å². The first-order valence-electron chi connectivity index (χ1n) is 10.2. The van der Waals surface area contributed by atoms with Crippen molar-refractivity contribution in [3.63, 3.8) is 0 Å². The summed E-state index contributed by atoms with van der Waals surface area (Å²) in [7, 11) is 1.41. The Bertz CT molecular complexity index is 1360. The number of halogens is 1. The number of nitro benzene ring substituents is 2. The molecule has 1 aliphatic rings. The zero-order valence-electron chi connectivity index (χ0n) is 18.2. The van der Waals surface area contributed by atoms with E-state index in [1.54, 1.807) is 11.0 Å². The number of carbonyl (C=O) groups excluding carboxylic acids is 1. The fourth-order valence-corrected chi connectivity index (χ4v) is 5.46. The second kappa shape index (κ2) is 9.98. The molecule has 11 nitrogen and oxygen atoms in total. The Morgan fingerprint density at radius 3 is 2.29 bits per heavy atom. The van der Waals surface area contributed by atoms with Gasteiger partial charge in [0.2, 0.25) is 0 Å². The molecule has 1 saturated heterocycles. The maximum atomic E-state index is 13.1. The molecule has 2 aromatic carbocycles. The van der Waals surface area contributed by atoms with Gasteiger partial charge in [0, 0.05) is 54.5 Å². The molecule has 4 rings (SSSR count). The number of anilines is 1. The van der Waals surface area contributed by atoms with Gasteiger partial charge in [-0.25, -0.2) is 0 Å². The third-order valence-corrected chi connectivity index (χ3v) is 7.52. The summed E-state index contributed by atoms with van der Waals surface area (Å²) in [5.41, 5.74) is 0.335. The van der Waals surface area contributed by atoms with Gasteiger partial charge in [0.15, 0.2) is 5.11 Å². The van der Waals surface area contributed by atoms with Crippen LogP contribution < -0.4 is 10.1 Å². The number of benzene rings is 2. The lowest BCUT2D eigenvalue weighted by molar-refractivity contribution is -0.385. The summed E-state index contributed by atoms with van der Waals surface area (Å²) in [6.45, 7) is 1.70. The highest BCUT2D eigenvalue weighted by molar-refractivity contribution is 7.80. The summed E-state index contributed by atoms with van der Waals surface area (Å²) < 4.78 is 5.81. The van der Waals surface area contributed by atoms with Crippen LogP contribution in [0.1, 0.15) is 9.67 Å². The minimum Gasteiger partial charge on any atom is -0.494 e. The van der Waals surface area contributed by atoms with Gasteiger partial charge in [0.1, 0.15) is 10.6 Å². The molecule has 0 atom stereocenters. The smallest absolute Gasteiger partial charge is 0.273 e. The third kappa shape index (κ3) is 4.97. The number of thiophene rings is 1. The highest BCUT2D eigenvalue weighted by Gasteiger charge is 2.27. The largest absolute Gasteiger partial charge is 0.494 e. The fourth-order valence-electron chi connectivity index (χ4n) is 3.65. The molecule has 0 aliphatic carbocycles. The maximum absolute atomic E-state index is 13.1. The van der Waals surface area contributed by atoms with Crippen molar-refractivity contribution in [3.05, 3.63) is 66.5 Å². The number of nitro groups is 2. The molecule has 3 aromatic rings. The van der Waals surface area contributed by atoms with Crippen molar-refractivity contribution in [3.8, 4) is 5.75 Å². The lowest BCUT2D eigenvalue weighted by Crippen LogP contribution is -2.51. The lowest BCUT2D eigenvalue weighted by Gasteiger charge is -2.36. The Labute approximate surface area is 213 Å². The van der Waals surface area contributed by atoms with Crippen LogP contribution in [0, 0.1) is 20.2 Å². The molecular weight excluding hydrogens is 518 g/mol. The first-order valence-corrected chi connectivity index (χ1v) is 11.8. The summed E-state index contributed by atoms with van der Waals surface area (Å²) in [6, 6.07) is 8.52. The average Bonchev–Trinajstić information content (AvgIpc) is 3.19. The number of methoxy groups -OCH3 is 1. The molecule has 0 radical (unpaired) electrons. The van der Waals surface area contributed by atoms with Crippen LogP contribution in [0.2, 0.25) is 5.02 Å². The number of ether oxygens (including phenoxy) is 1. The molecule has 14 heteroatoms. The van der Waals surface area contributed by atoms with E-state index in [1.165, 1.54) is 37.4 Å². The van der Waals surface area contributed by atoms with E-state index in [0.29, 0.717) is 51.9 Å². The van der Waals surface area contributed by atoms with Crippen LogP contribution in [-0.4, -0.2) is 64.0 Å². The maximum Gasteiger partial charge on any atom is 0.273 e. The predicted molar refractivity (Wildman–Crippen MR) is 137 cm³/mol. The molecule has 1 aliphatic heterocycles. The van der Waals surface area contributed by atoms with E-state index in [9.17, 15) is 25.0 Å². The molecule has 0 saturated carbocycles. The zero-order valence-corrected chi connectivity index (χ0v) is 20.6. The average molecular weight is 536 g/mol. The van der Waals surface area contributed by atoms with E-state index in [4.69, 9.17) is 28.6 Å². The number of piperazine rings is 1. The van der Waals surface area contributed by atoms with E-state index >= 15 is 0 Å². The van der Waals surface area contributed by atoms with Gasteiger partial charge < -0.3 is 19.9 Å². The molecule has 35 heavy (non-hydrogen) atoms. The molecule has 1 fully saturated rings. The van der Waals surface area contributed by atoms with Crippen molar-refractivity contribution >= 4 is 73.3 Å². The number of amides is 1. The summed E-state index contributed by atoms with van der Waals surface area (Å²) in [5.74, 6) is 0.0458. The van der Waals surface area contributed by atoms with Crippen LogP contribution >= 0.6 is 35.2 Å². The standard InChI is InChI=1S/C21H18ClN5O6S2/c1-33-16-10-12(26(29)30)3-5-15(16)23-21(34)25-8-6-24(7-9-25)20(28)19-18(22)14-4-2-13(27(31)32)11-17(14)35-19/h2-5,10-11H,6-9H2,1H3,(H,23,34). The minimum absolute atomic E-state index is 0.0614. The highest BCUT2D eigenvalue weighted by Crippen LogP contribution is 2.38. The quantitative estimate of drug-likeness (QED) is 0.284. The van der Waals surface area contributed by atoms with Gasteiger partial charge in [-0.3, -0.25) is 25.0 Å². The molecule has 1 aromatic heterocycles. The number of nitrogens with zero attached hydrogens (tertiary/aromatic N) is 4. The second-order valence-electron chi connectivity index (χ2n) is 7.53. The van der Waals surface area contributed by atoms with Gasteiger partial charge in [0.25, 0.3) is 17.3 Å². The molecule has 0 bridgehead atoms. The van der Waals surface area contributed by atoms with E-state index in [0.717, 1.165) is 11.3 Å². The number of non-ortho nitro benzene ring substituents is 2. The number of hydrogen-bond acceptors (Lipinski definition) is 8. The molecule has 182 valence electrons. The summed E-state index contributed by atoms with van der Waals surface area (Å²) >= 11 is 13.1. The first kappa shape index (κ1) is 24.6. The van der Waals surface area contributed by atoms with Crippen molar-refractivity contribution in [1.82, 2.24) is 9.80 Å². The van der Waals surface area contributed by atoms with E-state index in [1.807, 2.05) is 4.90 Å². The molecule has 0 spiro atoms. The van der Waals surface area contributed by atoms with Crippen LogP contribution in [0.4, 0.5) is 17.1 Å². The number of nitrogens with one attached hydrogen (secondary N) is 1. The van der Waals surface area contributed by atoms with Gasteiger partial charge in [-0.05, 0) is 24.4 Å². The van der Waals surface area contributed by atoms with Crippen molar-refractivity contribution in [2.75, 3.05) is 38.6 Å². The third-order valence-electron chi connectivity index (χ3n) is 5.51. The summed E-state index contributed by atoms with van der Waals surface area (Å²) in [5, 5.41) is 26.4. The number of fused-ring (bicyclic) bond motifs is 1. The monoisotopic (exact) mass is 535 g/mol. The number of rotatable bonds is 5. The van der Waals surface area contributed by atoms with Gasteiger partial charge >= 0.3 is 0 Å². The van der Waals surface area contributed by atoms with Crippen molar-refractivity contribution < 1.29 is 19.4 Å². The normalized spacial score (nSPS) is 13.5. The second-order valence-corrected chi connectivity index (χ2v) is 9.35. The van der Waals surface area contributed by atoms with Crippen molar-refractivity contribution in [1.29, 1.82) is 0 Å². The first-order chi connectivity index (χ1) is 16.7. The van der Waals surface area contributed by atoms with Gasteiger partial charge in [-0.2, -0.15) is 0 Å². The number of hydrogen-bond donors (Lipinski definition) is 1. The highest BCUT2D eigenvalue weighted by atomic mass is 35.5. The Morgan fingerprint density at radius 1 is 1.06 bits per heavy atom. The van der Waals surface area contributed by atoms with Crippen molar-refractivity contribution in [2.24, 2.45) is 0 Å². The molecule has 0 unspecified atom stereocenters. The Balaban J connectivity index is 1.42. The fraction of sp³-hybridized carbons (Fsp3) is 0.238. The molecular formula is C21H18ClN5O6S2. The van der Waals surface area contributed by atoms with Gasteiger partial charge in [-0.1, -0.05) is 11.6 Å². The minimum atomic E-state index is -0.509. The van der Waals surface area contributed by atoms with Crippen molar-refractivity contribution in [2.45, 2.75) is 0 Å². The number of carbonyl (C=O) groups is 1. The van der Waals surface area contributed by atoms with E-state index < -0.39 is 9.85 Å². The Morgan fingerprint density at radius 2 is 1.66 bits per heavy atom. The molecule has 1 N–H and O–H groups in total. The summed E-state index contributed by atoms with van der Waals surface area (Å²) in [4.78, 5) is 38.0. The van der Waals surface area contributed by atoms with Gasteiger partial charge in [-0.15, -0.1) is 11.3 Å². The predicted octanol–water partition coefficient (Wildman–Crippen LogP) is 4.53. The van der Waals surface area contributed by atoms with Crippen LogP contribution in [0.25, 0.3) is 10.1 Å². The Hall–Kier alpha value is -3.55. The SMILES string of the molecule is COc1cc([N+](=O)[O-])ccc1NC(=S)N1CCN(C(=O)c2sc3cc([N+](=O)[O-])ccc3c2Cl)CC1. The van der Waals surface area contributed by atoms with Gasteiger partial charge in [0.05, 0.1) is 33.7 Å². The Kier molecular flexibility index (Phi) is 7.00. The van der Waals surface area contributed by atoms with Crippen LogP contribution in [0.5, 0.6) is 5.75 Å². The van der Waals surface area contributed by atoms with Crippen LogP contribution in [0.3, 0.4) is 0 Å². The lowest BCUT2D eigenvalue weighted by atomic mass is 10.2. The van der Waals surface area contributed by atoms with E-state index in [-0.39, 0.29) is 28.1 Å². The van der Waals surface area contributed by atoms with Crippen LogP contribution in [-0.2, 0) is 0 Å². The summed E-state index contributed by atoms with van der Waals surface area (Å²) in [6.07, 6.45) is 0. The number of thiocarbonyl (C=S) groups is 1. The van der Waals surface area contributed by atoms with E-state index in [2.05, 4.69) is 5.32 Å². The topological polar surface area (TPSA) is 131 Å². The zero-order chi connectivity index (χ0) is 25.3. The molecule has 2 heterocycles.